The van der Waals surface area contributed by atoms with Crippen molar-refractivity contribution in [3.8, 4) is 0 Å². The molecule has 6 heteroatoms. The molecule has 0 spiro atoms. The van der Waals surface area contributed by atoms with Crippen LogP contribution in [0.15, 0.2) is 46.0 Å². The number of hydrogen-bond donors (Lipinski definition) is 0. The number of methoxy groups -OCH3 is 1. The molecule has 0 radical (unpaired) electrons. The second-order valence-corrected chi connectivity index (χ2v) is 17.6. The van der Waals surface area contributed by atoms with Crippen molar-refractivity contribution >= 4 is 46.9 Å². The lowest BCUT2D eigenvalue weighted by Gasteiger charge is -2.39. The highest BCUT2D eigenvalue weighted by Gasteiger charge is 2.39. The number of hydrogen-bond acceptors (Lipinski definition) is 3. The fourth-order valence-electron chi connectivity index (χ4n) is 4.30. The first-order chi connectivity index (χ1) is 16.6. The molecule has 0 amide bonds. The molecule has 0 N–H and O–H groups in total. The van der Waals surface area contributed by atoms with Crippen molar-refractivity contribution < 1.29 is 9.16 Å². The van der Waals surface area contributed by atoms with Crippen LogP contribution in [0.5, 0.6) is 0 Å². The molecule has 0 aliphatic carbocycles. The van der Waals surface area contributed by atoms with Gasteiger partial charge in [0.2, 0.25) is 0 Å². The van der Waals surface area contributed by atoms with Gasteiger partial charge in [-0.05, 0) is 74.5 Å². The van der Waals surface area contributed by atoms with Crippen LogP contribution in [0.1, 0.15) is 66.6 Å². The third-order valence-corrected chi connectivity index (χ3v) is 12.4. The van der Waals surface area contributed by atoms with Crippen LogP contribution >= 0.6 is 15.9 Å². The average Bonchev–Trinajstić information content (AvgIpc) is 3.08. The van der Waals surface area contributed by atoms with E-state index in [2.05, 4.69) is 99.9 Å². The zero-order valence-corrected chi connectivity index (χ0v) is 27.0. The molecule has 0 unspecified atom stereocenters. The molecule has 2 aromatic rings. The number of rotatable bonds is 11. The van der Waals surface area contributed by atoms with E-state index >= 15 is 0 Å². The smallest absolute Gasteiger partial charge is 0.192 e. The third kappa shape index (κ3) is 6.69. The van der Waals surface area contributed by atoms with Gasteiger partial charge in [0, 0.05) is 47.4 Å². The first-order valence-corrected chi connectivity index (χ1v) is 16.7. The molecule has 200 valence electrons. The number of ether oxygens (including phenoxy) is 1. The van der Waals surface area contributed by atoms with E-state index in [0.717, 1.165) is 35.3 Å². The van der Waals surface area contributed by atoms with Gasteiger partial charge in [-0.15, -0.1) is 0 Å². The molecule has 2 rings (SSSR count). The SMILES string of the molecule is C=C/C(=C(\N=CC)[C@H](C)OC)c1c(CC(C)(C)CO[Si](C)(C)C(C)(C)C)c2cc(Br)ccc2n1CC. The molecular formula is C30H47BrN2O2Si. The average molecular weight is 576 g/mol. The van der Waals surface area contributed by atoms with Crippen molar-refractivity contribution in [1.29, 1.82) is 0 Å². The van der Waals surface area contributed by atoms with E-state index < -0.39 is 8.32 Å². The van der Waals surface area contributed by atoms with Gasteiger partial charge in [-0.3, -0.25) is 4.99 Å². The molecule has 0 aliphatic heterocycles. The summed E-state index contributed by atoms with van der Waals surface area (Å²) in [6.07, 6.45) is 4.49. The summed E-state index contributed by atoms with van der Waals surface area (Å²) in [6, 6.07) is 6.57. The standard InChI is InChI=1S/C30H47BrN2O2Si/c1-13-23(27(32-14-2)21(4)34-10)28-25(24-18-22(31)16-17-26(24)33(28)15-3)19-30(8,9)20-35-36(11,12)29(5,6)7/h13-14,16-18,21H,1,15,19-20H2,2-12H3/b27-23+,32-14?/t21-/m0/s1. The van der Waals surface area contributed by atoms with Crippen LogP contribution in [0.2, 0.25) is 18.1 Å². The van der Waals surface area contributed by atoms with Crippen molar-refractivity contribution in [2.75, 3.05) is 13.7 Å². The summed E-state index contributed by atoms with van der Waals surface area (Å²) in [5, 5.41) is 1.44. The first-order valence-electron chi connectivity index (χ1n) is 13.0. The maximum atomic E-state index is 6.72. The van der Waals surface area contributed by atoms with E-state index in [4.69, 9.17) is 14.2 Å². The predicted molar refractivity (Wildman–Crippen MR) is 164 cm³/mol. The van der Waals surface area contributed by atoms with E-state index in [1.807, 2.05) is 26.1 Å². The molecule has 1 aromatic heterocycles. The maximum Gasteiger partial charge on any atom is 0.192 e. The summed E-state index contributed by atoms with van der Waals surface area (Å²) in [7, 11) is -0.133. The summed E-state index contributed by atoms with van der Waals surface area (Å²) in [5.41, 5.74) is 5.55. The third-order valence-electron chi connectivity index (χ3n) is 7.47. The highest BCUT2D eigenvalue weighted by molar-refractivity contribution is 9.10. The molecule has 0 aliphatic rings. The van der Waals surface area contributed by atoms with Crippen LogP contribution in [-0.2, 0) is 22.1 Å². The molecule has 1 atom stereocenters. The van der Waals surface area contributed by atoms with E-state index in [1.165, 1.54) is 22.2 Å². The summed E-state index contributed by atoms with van der Waals surface area (Å²) >= 11 is 3.72. The van der Waals surface area contributed by atoms with Gasteiger partial charge in [0.25, 0.3) is 0 Å². The zero-order valence-electron chi connectivity index (χ0n) is 24.4. The lowest BCUT2D eigenvalue weighted by Crippen LogP contribution is -2.43. The fourth-order valence-corrected chi connectivity index (χ4v) is 5.85. The van der Waals surface area contributed by atoms with E-state index in [-0.39, 0.29) is 16.6 Å². The van der Waals surface area contributed by atoms with E-state index in [1.54, 1.807) is 7.11 Å². The van der Waals surface area contributed by atoms with Crippen LogP contribution in [0.25, 0.3) is 16.5 Å². The van der Waals surface area contributed by atoms with Gasteiger partial charge in [0.1, 0.15) is 0 Å². The molecule has 36 heavy (non-hydrogen) atoms. The molecule has 0 saturated heterocycles. The minimum Gasteiger partial charge on any atom is -0.416 e. The number of allylic oxidation sites excluding steroid dienone is 2. The van der Waals surface area contributed by atoms with Crippen molar-refractivity contribution in [3.05, 3.63) is 52.3 Å². The van der Waals surface area contributed by atoms with Crippen LogP contribution < -0.4 is 0 Å². The zero-order chi connectivity index (χ0) is 27.5. The summed E-state index contributed by atoms with van der Waals surface area (Å²) in [5.74, 6) is 0. The number of aromatic nitrogens is 1. The Morgan fingerprint density at radius 1 is 1.22 bits per heavy atom. The van der Waals surface area contributed by atoms with Gasteiger partial charge in [0.15, 0.2) is 8.32 Å². The maximum absolute atomic E-state index is 6.72. The highest BCUT2D eigenvalue weighted by atomic mass is 79.9. The molecule has 0 fully saturated rings. The first kappa shape index (κ1) is 30.7. The number of fused-ring (bicyclic) bond motifs is 1. The number of benzene rings is 1. The second kappa shape index (κ2) is 11.9. The fraction of sp³-hybridized carbons (Fsp3) is 0.567. The van der Waals surface area contributed by atoms with Gasteiger partial charge in [-0.2, -0.15) is 0 Å². The van der Waals surface area contributed by atoms with Crippen LogP contribution in [0, 0.1) is 5.41 Å². The van der Waals surface area contributed by atoms with E-state index in [0.29, 0.717) is 0 Å². The molecular weight excluding hydrogens is 528 g/mol. The lowest BCUT2D eigenvalue weighted by atomic mass is 9.84. The minimum atomic E-state index is -1.86. The number of nitrogens with zero attached hydrogens (tertiary/aromatic N) is 2. The Bertz CT molecular complexity index is 1140. The van der Waals surface area contributed by atoms with Crippen molar-refractivity contribution in [2.45, 2.75) is 92.6 Å². The van der Waals surface area contributed by atoms with Crippen LogP contribution in [0.4, 0.5) is 0 Å². The van der Waals surface area contributed by atoms with Gasteiger partial charge in [-0.1, -0.05) is 63.2 Å². The van der Waals surface area contributed by atoms with Gasteiger partial charge in [-0.25, -0.2) is 0 Å². The molecule has 4 nitrogen and oxygen atoms in total. The summed E-state index contributed by atoms with van der Waals surface area (Å²) in [4.78, 5) is 4.76. The molecule has 0 saturated carbocycles. The van der Waals surface area contributed by atoms with Crippen molar-refractivity contribution in [3.63, 3.8) is 0 Å². The Kier molecular flexibility index (Phi) is 10.2. The van der Waals surface area contributed by atoms with Crippen LogP contribution in [0.3, 0.4) is 0 Å². The van der Waals surface area contributed by atoms with Gasteiger partial charge in [0.05, 0.1) is 17.5 Å². The monoisotopic (exact) mass is 574 g/mol. The predicted octanol–water partition coefficient (Wildman–Crippen LogP) is 9.04. The van der Waals surface area contributed by atoms with E-state index in [9.17, 15) is 0 Å². The second-order valence-electron chi connectivity index (χ2n) is 11.9. The largest absolute Gasteiger partial charge is 0.416 e. The van der Waals surface area contributed by atoms with Crippen molar-refractivity contribution in [1.82, 2.24) is 4.57 Å². The minimum absolute atomic E-state index is 0.0627. The van der Waals surface area contributed by atoms with Gasteiger partial charge >= 0.3 is 0 Å². The Morgan fingerprint density at radius 2 is 1.86 bits per heavy atom. The number of aliphatic imine (C=N–C) groups is 1. The Balaban J connectivity index is 2.79. The molecule has 1 aromatic carbocycles. The summed E-state index contributed by atoms with van der Waals surface area (Å²) in [6.45, 7) is 28.1. The topological polar surface area (TPSA) is 35.8 Å². The normalized spacial score (nSPS) is 15.0. The number of aryl methyl sites for hydroxylation is 1. The quantitative estimate of drug-likeness (QED) is 0.152. The van der Waals surface area contributed by atoms with Crippen molar-refractivity contribution in [2.24, 2.45) is 10.4 Å². The highest BCUT2D eigenvalue weighted by Crippen LogP contribution is 2.41. The lowest BCUT2D eigenvalue weighted by molar-refractivity contribution is 0.146. The Hall–Kier alpha value is -1.47. The molecule has 0 bridgehead atoms. The molecule has 1 heterocycles. The Labute approximate surface area is 229 Å². The number of halogens is 1. The Morgan fingerprint density at radius 3 is 2.36 bits per heavy atom. The van der Waals surface area contributed by atoms with Gasteiger partial charge < -0.3 is 13.7 Å². The summed E-state index contributed by atoms with van der Waals surface area (Å²) < 4.78 is 15.9. The van der Waals surface area contributed by atoms with Crippen LogP contribution in [-0.4, -0.2) is 38.9 Å².